The maximum Gasteiger partial charge on any atom is 0.231 e. The van der Waals surface area contributed by atoms with E-state index in [2.05, 4.69) is 0 Å². The number of Topliss-reactive ketones (excluding diaryl/α,β-unsaturated/α-hetero) is 1. The van der Waals surface area contributed by atoms with Crippen molar-refractivity contribution in [2.75, 3.05) is 18.1 Å². The molecule has 0 atom stereocenters. The van der Waals surface area contributed by atoms with Gasteiger partial charge in [0.05, 0.1) is 13.0 Å². The zero-order valence-corrected chi connectivity index (χ0v) is 10.6. The molecule has 1 aromatic rings. The van der Waals surface area contributed by atoms with Crippen molar-refractivity contribution in [2.45, 2.75) is 20.3 Å². The first kappa shape index (κ1) is 12.8. The number of hydrogen-bond acceptors (Lipinski definition) is 3. The van der Waals surface area contributed by atoms with Crippen molar-refractivity contribution in [3.8, 4) is 0 Å². The topological polar surface area (TPSA) is 57.6 Å². The molecule has 96 valence electrons. The van der Waals surface area contributed by atoms with E-state index in [0.717, 1.165) is 11.3 Å². The van der Waals surface area contributed by atoms with Crippen molar-refractivity contribution in [3.05, 3.63) is 29.3 Å². The molecule has 0 unspecified atom stereocenters. The van der Waals surface area contributed by atoms with E-state index in [1.165, 1.54) is 0 Å². The molecule has 0 saturated carbocycles. The molecule has 4 heteroatoms. The maximum atomic E-state index is 11.9. The normalized spacial score (nSPS) is 14.2. The lowest BCUT2D eigenvalue weighted by molar-refractivity contribution is -0.117. The number of nitrogens with zero attached hydrogens (tertiary/aromatic N) is 1. The van der Waals surface area contributed by atoms with E-state index in [0.29, 0.717) is 18.5 Å². The standard InChI is InChI=1S/C14H17NO3/c1-9(2)14(18)10-3-4-12-11(7-10)8-13(17)15(12)5-6-16/h3-4,7,9,16H,5-6,8H2,1-2H3. The molecule has 0 aliphatic carbocycles. The monoisotopic (exact) mass is 247 g/mol. The van der Waals surface area contributed by atoms with Gasteiger partial charge < -0.3 is 10.0 Å². The minimum Gasteiger partial charge on any atom is -0.395 e. The summed E-state index contributed by atoms with van der Waals surface area (Å²) in [6.07, 6.45) is 0.314. The summed E-state index contributed by atoms with van der Waals surface area (Å²) in [6.45, 7) is 3.97. The summed E-state index contributed by atoms with van der Waals surface area (Å²) in [4.78, 5) is 25.2. The van der Waals surface area contributed by atoms with Crippen LogP contribution in [0, 0.1) is 5.92 Å². The van der Waals surface area contributed by atoms with E-state index in [9.17, 15) is 9.59 Å². The van der Waals surface area contributed by atoms with Crippen LogP contribution in [0.25, 0.3) is 0 Å². The number of fused-ring (bicyclic) bond motifs is 1. The van der Waals surface area contributed by atoms with Crippen molar-refractivity contribution in [2.24, 2.45) is 5.92 Å². The Morgan fingerprint density at radius 3 is 2.78 bits per heavy atom. The largest absolute Gasteiger partial charge is 0.395 e. The van der Waals surface area contributed by atoms with Gasteiger partial charge in [-0.2, -0.15) is 0 Å². The van der Waals surface area contributed by atoms with Crippen molar-refractivity contribution < 1.29 is 14.7 Å². The number of aliphatic hydroxyl groups is 1. The predicted molar refractivity (Wildman–Crippen MR) is 68.8 cm³/mol. The zero-order chi connectivity index (χ0) is 13.3. The third kappa shape index (κ3) is 2.16. The van der Waals surface area contributed by atoms with Gasteiger partial charge in [-0.1, -0.05) is 13.8 Å². The van der Waals surface area contributed by atoms with Crippen LogP contribution >= 0.6 is 0 Å². The fraction of sp³-hybridized carbons (Fsp3) is 0.429. The first-order valence-electron chi connectivity index (χ1n) is 6.13. The van der Waals surface area contributed by atoms with Gasteiger partial charge in [-0.25, -0.2) is 0 Å². The Balaban J connectivity index is 2.33. The summed E-state index contributed by atoms with van der Waals surface area (Å²) in [5.74, 6) is 0.0211. The molecule has 1 amide bonds. The molecular formula is C14H17NO3. The van der Waals surface area contributed by atoms with Crippen LogP contribution in [0.4, 0.5) is 5.69 Å². The van der Waals surface area contributed by atoms with E-state index in [1.807, 2.05) is 13.8 Å². The molecule has 1 aliphatic heterocycles. The Labute approximate surface area is 106 Å². The first-order valence-corrected chi connectivity index (χ1v) is 6.13. The molecule has 1 aliphatic rings. The van der Waals surface area contributed by atoms with Gasteiger partial charge in [0, 0.05) is 23.7 Å². The van der Waals surface area contributed by atoms with Crippen LogP contribution in [-0.2, 0) is 11.2 Å². The Bertz CT molecular complexity index is 494. The Hall–Kier alpha value is -1.68. The van der Waals surface area contributed by atoms with Gasteiger partial charge in [-0.15, -0.1) is 0 Å². The smallest absolute Gasteiger partial charge is 0.231 e. The van der Waals surface area contributed by atoms with E-state index in [-0.39, 0.29) is 24.2 Å². The zero-order valence-electron chi connectivity index (χ0n) is 10.6. The number of ketones is 1. The van der Waals surface area contributed by atoms with E-state index in [4.69, 9.17) is 5.11 Å². The van der Waals surface area contributed by atoms with Gasteiger partial charge in [0.1, 0.15) is 0 Å². The Morgan fingerprint density at radius 2 is 2.17 bits per heavy atom. The Morgan fingerprint density at radius 1 is 1.44 bits per heavy atom. The van der Waals surface area contributed by atoms with Crippen LogP contribution in [-0.4, -0.2) is 29.9 Å². The third-order valence-electron chi connectivity index (χ3n) is 3.15. The number of carbonyl (C=O) groups excluding carboxylic acids is 2. The molecular weight excluding hydrogens is 230 g/mol. The second-order valence-corrected chi connectivity index (χ2v) is 4.81. The molecule has 1 aromatic carbocycles. The summed E-state index contributed by atoms with van der Waals surface area (Å²) < 4.78 is 0. The lowest BCUT2D eigenvalue weighted by Crippen LogP contribution is -2.29. The minimum absolute atomic E-state index is 0.0202. The summed E-state index contributed by atoms with van der Waals surface area (Å²) >= 11 is 0. The quantitative estimate of drug-likeness (QED) is 0.818. The SMILES string of the molecule is CC(C)C(=O)c1ccc2c(c1)CC(=O)N2CCO. The number of aliphatic hydroxyl groups excluding tert-OH is 1. The molecule has 1 heterocycles. The molecule has 0 radical (unpaired) electrons. The Kier molecular flexibility index (Phi) is 3.48. The highest BCUT2D eigenvalue weighted by Gasteiger charge is 2.27. The number of hydrogen-bond donors (Lipinski definition) is 1. The molecule has 0 bridgehead atoms. The van der Waals surface area contributed by atoms with Gasteiger partial charge in [0.15, 0.2) is 5.78 Å². The summed E-state index contributed by atoms with van der Waals surface area (Å²) in [7, 11) is 0. The molecule has 0 aromatic heterocycles. The molecule has 18 heavy (non-hydrogen) atoms. The number of benzene rings is 1. The van der Waals surface area contributed by atoms with Crippen LogP contribution in [0.5, 0.6) is 0 Å². The van der Waals surface area contributed by atoms with Gasteiger partial charge >= 0.3 is 0 Å². The van der Waals surface area contributed by atoms with Gasteiger partial charge in [0.2, 0.25) is 5.91 Å². The van der Waals surface area contributed by atoms with E-state index >= 15 is 0 Å². The molecule has 1 N–H and O–H groups in total. The van der Waals surface area contributed by atoms with Gasteiger partial charge in [-0.05, 0) is 23.8 Å². The minimum atomic E-state index is -0.0577. The van der Waals surface area contributed by atoms with E-state index in [1.54, 1.807) is 23.1 Å². The molecule has 4 nitrogen and oxygen atoms in total. The highest BCUT2D eigenvalue weighted by Crippen LogP contribution is 2.30. The van der Waals surface area contributed by atoms with Crippen molar-refractivity contribution >= 4 is 17.4 Å². The summed E-state index contributed by atoms with van der Waals surface area (Å²) in [5.41, 5.74) is 2.34. The van der Waals surface area contributed by atoms with Crippen molar-refractivity contribution in [1.29, 1.82) is 0 Å². The molecule has 0 spiro atoms. The number of anilines is 1. The highest BCUT2D eigenvalue weighted by atomic mass is 16.3. The fourth-order valence-corrected chi connectivity index (χ4v) is 2.21. The second-order valence-electron chi connectivity index (χ2n) is 4.81. The number of rotatable bonds is 4. The van der Waals surface area contributed by atoms with Crippen LogP contribution in [0.15, 0.2) is 18.2 Å². The molecule has 0 fully saturated rings. The summed E-state index contributed by atoms with van der Waals surface area (Å²) in [6, 6.07) is 5.35. The average molecular weight is 247 g/mol. The maximum absolute atomic E-state index is 11.9. The van der Waals surface area contributed by atoms with Crippen LogP contribution < -0.4 is 4.90 Å². The van der Waals surface area contributed by atoms with Crippen LogP contribution in [0.2, 0.25) is 0 Å². The average Bonchev–Trinajstić information content (AvgIpc) is 2.64. The third-order valence-corrected chi connectivity index (χ3v) is 3.15. The second kappa shape index (κ2) is 4.90. The number of β-amino-alcohol motifs (C(OH)–C–C–N with tert-alkyl or cyclic N) is 1. The molecule has 0 saturated heterocycles. The van der Waals surface area contributed by atoms with Crippen molar-refractivity contribution in [3.63, 3.8) is 0 Å². The van der Waals surface area contributed by atoms with Gasteiger partial charge in [0.25, 0.3) is 0 Å². The van der Waals surface area contributed by atoms with Crippen LogP contribution in [0.1, 0.15) is 29.8 Å². The number of amides is 1. The van der Waals surface area contributed by atoms with Gasteiger partial charge in [-0.3, -0.25) is 9.59 Å². The number of carbonyl (C=O) groups is 2. The predicted octanol–water partition coefficient (Wildman–Crippen LogP) is 1.41. The lowest BCUT2D eigenvalue weighted by atomic mass is 9.98. The van der Waals surface area contributed by atoms with E-state index < -0.39 is 0 Å². The fourth-order valence-electron chi connectivity index (χ4n) is 2.21. The highest BCUT2D eigenvalue weighted by molar-refractivity contribution is 6.04. The van der Waals surface area contributed by atoms with Crippen molar-refractivity contribution in [1.82, 2.24) is 0 Å². The summed E-state index contributed by atoms with van der Waals surface area (Å²) in [5, 5.41) is 8.94. The molecule has 2 rings (SSSR count). The lowest BCUT2D eigenvalue weighted by Gasteiger charge is -2.16. The first-order chi connectivity index (χ1) is 8.54. The van der Waals surface area contributed by atoms with Crippen LogP contribution in [0.3, 0.4) is 0 Å².